The Morgan fingerprint density at radius 2 is 1.93 bits per heavy atom. The molecule has 1 aromatic heterocycles. The standard InChI is InChI=1S/C19H18Cl2N4O2S/c1-10(2)23-17(22)15-18(26)25-28-19(15)24-11-6-8-12(9-7-11)27-14-5-3-4-13(20)16(14)21/h3-10,24H,1-2H3,(H2,22,23)(H,25,26). The number of H-pyrrole nitrogens is 1. The van der Waals surface area contributed by atoms with Gasteiger partial charge in [0.15, 0.2) is 0 Å². The highest BCUT2D eigenvalue weighted by Gasteiger charge is 2.15. The van der Waals surface area contributed by atoms with Crippen molar-refractivity contribution in [1.82, 2.24) is 4.37 Å². The van der Waals surface area contributed by atoms with Crippen LogP contribution in [0, 0.1) is 0 Å². The summed E-state index contributed by atoms with van der Waals surface area (Å²) in [6.07, 6.45) is 0. The number of benzene rings is 2. The first-order valence-corrected chi connectivity index (χ1v) is 9.96. The number of amidine groups is 1. The van der Waals surface area contributed by atoms with Crippen LogP contribution in [0.25, 0.3) is 0 Å². The van der Waals surface area contributed by atoms with Gasteiger partial charge in [0.1, 0.15) is 32.9 Å². The van der Waals surface area contributed by atoms with Gasteiger partial charge in [0.25, 0.3) is 5.56 Å². The van der Waals surface area contributed by atoms with Gasteiger partial charge < -0.3 is 15.8 Å². The molecule has 0 fully saturated rings. The van der Waals surface area contributed by atoms with Crippen molar-refractivity contribution in [3.05, 3.63) is 68.4 Å². The number of anilines is 2. The fraction of sp³-hybridized carbons (Fsp3) is 0.158. The number of ether oxygens (including phenoxy) is 1. The summed E-state index contributed by atoms with van der Waals surface area (Å²) >= 11 is 13.3. The van der Waals surface area contributed by atoms with Gasteiger partial charge in [-0.1, -0.05) is 29.3 Å². The molecule has 0 saturated heterocycles. The average Bonchev–Trinajstić information content (AvgIpc) is 3.00. The number of hydrogen-bond acceptors (Lipinski definition) is 5. The maximum Gasteiger partial charge on any atom is 0.271 e. The Morgan fingerprint density at radius 1 is 1.21 bits per heavy atom. The molecule has 0 radical (unpaired) electrons. The summed E-state index contributed by atoms with van der Waals surface area (Å²) in [5, 5.41) is 4.56. The van der Waals surface area contributed by atoms with Crippen LogP contribution in [0.4, 0.5) is 10.7 Å². The fourth-order valence-electron chi connectivity index (χ4n) is 2.39. The molecule has 0 bridgehead atoms. The van der Waals surface area contributed by atoms with Gasteiger partial charge in [-0.15, -0.1) is 0 Å². The zero-order valence-electron chi connectivity index (χ0n) is 15.1. The maximum atomic E-state index is 12.1. The molecule has 0 amide bonds. The number of aromatic amines is 1. The topological polar surface area (TPSA) is 92.5 Å². The molecule has 0 aliphatic carbocycles. The molecule has 2 aromatic carbocycles. The van der Waals surface area contributed by atoms with Gasteiger partial charge in [-0.2, -0.15) is 0 Å². The molecule has 0 spiro atoms. The second-order valence-electron chi connectivity index (χ2n) is 6.15. The molecule has 146 valence electrons. The van der Waals surface area contributed by atoms with Crippen LogP contribution in [-0.4, -0.2) is 16.3 Å². The number of rotatable bonds is 6. The van der Waals surface area contributed by atoms with Crippen LogP contribution in [0.2, 0.25) is 10.0 Å². The Kier molecular flexibility index (Phi) is 6.28. The first-order valence-electron chi connectivity index (χ1n) is 8.39. The predicted octanol–water partition coefficient (Wildman–Crippen LogP) is 5.39. The van der Waals surface area contributed by atoms with E-state index in [0.717, 1.165) is 17.2 Å². The van der Waals surface area contributed by atoms with E-state index in [1.807, 2.05) is 26.0 Å². The Hall–Kier alpha value is -2.48. The van der Waals surface area contributed by atoms with Crippen molar-refractivity contribution in [2.75, 3.05) is 5.32 Å². The van der Waals surface area contributed by atoms with E-state index in [9.17, 15) is 4.79 Å². The van der Waals surface area contributed by atoms with Crippen LogP contribution in [0.5, 0.6) is 11.5 Å². The molecular formula is C19H18Cl2N4O2S. The predicted molar refractivity (Wildman–Crippen MR) is 117 cm³/mol. The lowest BCUT2D eigenvalue weighted by Crippen LogP contribution is -2.23. The van der Waals surface area contributed by atoms with Crippen LogP contribution < -0.4 is 21.3 Å². The van der Waals surface area contributed by atoms with E-state index < -0.39 is 0 Å². The summed E-state index contributed by atoms with van der Waals surface area (Å²) in [6.45, 7) is 3.79. The molecule has 0 aliphatic rings. The minimum atomic E-state index is -0.273. The normalized spacial score (nSPS) is 11.7. The molecular weight excluding hydrogens is 419 g/mol. The van der Waals surface area contributed by atoms with Crippen molar-refractivity contribution in [1.29, 1.82) is 0 Å². The number of aromatic nitrogens is 1. The van der Waals surface area contributed by atoms with E-state index >= 15 is 0 Å². The van der Waals surface area contributed by atoms with Gasteiger partial charge in [0, 0.05) is 11.7 Å². The van der Waals surface area contributed by atoms with Crippen LogP contribution in [0.15, 0.2) is 52.3 Å². The van der Waals surface area contributed by atoms with E-state index in [2.05, 4.69) is 14.7 Å². The molecule has 9 heteroatoms. The van der Waals surface area contributed by atoms with Crippen LogP contribution >= 0.6 is 34.7 Å². The SMILES string of the molecule is CC(C)N=C(N)c1c(Nc2ccc(Oc3cccc(Cl)c3Cl)cc2)s[nH]c1=O. The third-order valence-corrected chi connectivity index (χ3v) is 5.21. The Balaban J connectivity index is 1.79. The van der Waals surface area contributed by atoms with E-state index in [-0.39, 0.29) is 17.4 Å². The summed E-state index contributed by atoms with van der Waals surface area (Å²) in [7, 11) is 0. The lowest BCUT2D eigenvalue weighted by molar-refractivity contribution is 0.483. The van der Waals surface area contributed by atoms with E-state index in [1.54, 1.807) is 30.3 Å². The minimum Gasteiger partial charge on any atom is -0.456 e. The molecule has 3 rings (SSSR count). The molecule has 0 atom stereocenters. The summed E-state index contributed by atoms with van der Waals surface area (Å²) in [5.74, 6) is 1.27. The average molecular weight is 437 g/mol. The van der Waals surface area contributed by atoms with Crippen molar-refractivity contribution in [3.63, 3.8) is 0 Å². The number of halogens is 2. The number of aliphatic imine (C=N–C) groups is 1. The van der Waals surface area contributed by atoms with Crippen molar-refractivity contribution in [2.24, 2.45) is 10.7 Å². The van der Waals surface area contributed by atoms with Crippen molar-refractivity contribution >= 4 is 51.3 Å². The van der Waals surface area contributed by atoms with Gasteiger partial charge in [-0.3, -0.25) is 14.2 Å². The molecule has 0 aliphatic heterocycles. The molecule has 1 heterocycles. The van der Waals surface area contributed by atoms with E-state index in [0.29, 0.717) is 32.1 Å². The molecule has 4 N–H and O–H groups in total. The molecule has 3 aromatic rings. The zero-order valence-corrected chi connectivity index (χ0v) is 17.5. The molecule has 0 unspecified atom stereocenters. The first-order chi connectivity index (χ1) is 13.3. The summed E-state index contributed by atoms with van der Waals surface area (Å²) in [6, 6.07) is 12.4. The largest absolute Gasteiger partial charge is 0.456 e. The molecule has 6 nitrogen and oxygen atoms in total. The van der Waals surface area contributed by atoms with Crippen molar-refractivity contribution in [2.45, 2.75) is 19.9 Å². The van der Waals surface area contributed by atoms with E-state index in [1.165, 1.54) is 0 Å². The lowest BCUT2D eigenvalue weighted by Gasteiger charge is -2.10. The number of hydrogen-bond donors (Lipinski definition) is 3. The summed E-state index contributed by atoms with van der Waals surface area (Å²) in [4.78, 5) is 16.3. The summed E-state index contributed by atoms with van der Waals surface area (Å²) < 4.78 is 8.45. The van der Waals surface area contributed by atoms with Crippen LogP contribution in [0.3, 0.4) is 0 Å². The second-order valence-corrected chi connectivity index (χ2v) is 7.75. The third kappa shape index (κ3) is 4.67. The van der Waals surface area contributed by atoms with Crippen LogP contribution in [0.1, 0.15) is 19.4 Å². The zero-order chi connectivity index (χ0) is 20.3. The second kappa shape index (κ2) is 8.68. The molecule has 0 saturated carbocycles. The Morgan fingerprint density at radius 3 is 2.61 bits per heavy atom. The third-order valence-electron chi connectivity index (χ3n) is 3.61. The monoisotopic (exact) mass is 436 g/mol. The smallest absolute Gasteiger partial charge is 0.271 e. The van der Waals surface area contributed by atoms with Gasteiger partial charge in [0.2, 0.25) is 0 Å². The lowest BCUT2D eigenvalue weighted by atomic mass is 10.2. The maximum absolute atomic E-state index is 12.1. The first kappa shape index (κ1) is 20.3. The number of nitrogens with zero attached hydrogens (tertiary/aromatic N) is 1. The highest BCUT2D eigenvalue weighted by molar-refractivity contribution is 7.10. The number of nitrogens with two attached hydrogens (primary N) is 1. The quantitative estimate of drug-likeness (QED) is 0.356. The Bertz CT molecular complexity index is 1060. The number of nitrogens with one attached hydrogen (secondary N) is 2. The van der Waals surface area contributed by atoms with Crippen LogP contribution in [-0.2, 0) is 0 Å². The van der Waals surface area contributed by atoms with Gasteiger partial charge in [-0.05, 0) is 61.8 Å². The van der Waals surface area contributed by atoms with Gasteiger partial charge >= 0.3 is 0 Å². The summed E-state index contributed by atoms with van der Waals surface area (Å²) in [5.41, 5.74) is 6.81. The van der Waals surface area contributed by atoms with Gasteiger partial charge in [0.05, 0.1) is 5.02 Å². The highest BCUT2D eigenvalue weighted by atomic mass is 35.5. The molecule has 28 heavy (non-hydrogen) atoms. The fourth-order valence-corrected chi connectivity index (χ4v) is 3.49. The Labute approximate surface area is 176 Å². The van der Waals surface area contributed by atoms with Crippen molar-refractivity contribution in [3.8, 4) is 11.5 Å². The van der Waals surface area contributed by atoms with Gasteiger partial charge in [-0.25, -0.2) is 0 Å². The van der Waals surface area contributed by atoms with E-state index in [4.69, 9.17) is 33.7 Å². The van der Waals surface area contributed by atoms with Crippen molar-refractivity contribution < 1.29 is 4.74 Å². The minimum absolute atomic E-state index is 0.0121. The highest BCUT2D eigenvalue weighted by Crippen LogP contribution is 2.35.